The molecular weight excluding hydrogens is 288 g/mol. The average Bonchev–Trinajstić information content (AvgIpc) is 2.55. The molecule has 0 radical (unpaired) electrons. The zero-order chi connectivity index (χ0) is 16.7. The Bertz CT molecular complexity index is 661. The van der Waals surface area contributed by atoms with Crippen molar-refractivity contribution in [2.45, 2.75) is 46.5 Å². The molecule has 0 saturated carbocycles. The molecule has 2 aromatic carbocycles. The quantitative estimate of drug-likeness (QED) is 0.459. The number of unbranched alkanes of at least 4 members (excludes halogenated alkanes) is 2. The van der Waals surface area contributed by atoms with Crippen LogP contribution in [0.4, 0.5) is 0 Å². The van der Waals surface area contributed by atoms with Crippen LogP contribution in [0.2, 0.25) is 0 Å². The third-order valence-electron chi connectivity index (χ3n) is 3.82. The number of ketones is 1. The first kappa shape index (κ1) is 17.3. The first-order valence-corrected chi connectivity index (χ1v) is 8.50. The van der Waals surface area contributed by atoms with E-state index in [0.717, 1.165) is 54.6 Å². The van der Waals surface area contributed by atoms with Crippen LogP contribution in [0.1, 0.15) is 56.8 Å². The number of hydrogen-bond donors (Lipinski definition) is 0. The van der Waals surface area contributed by atoms with Crippen LogP contribution in [0.5, 0.6) is 11.5 Å². The fourth-order valence-corrected chi connectivity index (χ4v) is 2.38. The van der Waals surface area contributed by atoms with Crippen LogP contribution in [-0.2, 0) is 0 Å². The predicted molar refractivity (Wildman–Crippen MR) is 94.8 cm³/mol. The first-order valence-electron chi connectivity index (χ1n) is 8.50. The largest absolute Gasteiger partial charge is 0.494 e. The SMILES string of the molecule is CCCCOc1ccc2cc(C(C)=O)cc(OCCCC)c2c1. The molecule has 0 atom stereocenters. The van der Waals surface area contributed by atoms with Gasteiger partial charge in [-0.3, -0.25) is 4.79 Å². The highest BCUT2D eigenvalue weighted by Gasteiger charge is 2.10. The highest BCUT2D eigenvalue weighted by Crippen LogP contribution is 2.31. The zero-order valence-corrected chi connectivity index (χ0v) is 14.4. The maximum absolute atomic E-state index is 11.7. The van der Waals surface area contributed by atoms with E-state index in [1.165, 1.54) is 0 Å². The smallest absolute Gasteiger partial charge is 0.159 e. The van der Waals surface area contributed by atoms with E-state index in [1.54, 1.807) is 6.92 Å². The second kappa shape index (κ2) is 8.56. The topological polar surface area (TPSA) is 35.5 Å². The number of hydrogen-bond acceptors (Lipinski definition) is 3. The summed E-state index contributed by atoms with van der Waals surface area (Å²) in [6.45, 7) is 7.24. The van der Waals surface area contributed by atoms with Crippen LogP contribution >= 0.6 is 0 Å². The molecule has 0 bridgehead atoms. The zero-order valence-electron chi connectivity index (χ0n) is 14.4. The van der Waals surface area contributed by atoms with Gasteiger partial charge in [-0.15, -0.1) is 0 Å². The Labute approximate surface area is 138 Å². The molecule has 2 rings (SSSR count). The van der Waals surface area contributed by atoms with E-state index in [0.29, 0.717) is 12.2 Å². The van der Waals surface area contributed by atoms with E-state index < -0.39 is 0 Å². The Morgan fingerprint density at radius 2 is 1.65 bits per heavy atom. The molecule has 3 heteroatoms. The van der Waals surface area contributed by atoms with E-state index in [9.17, 15) is 4.79 Å². The summed E-state index contributed by atoms with van der Waals surface area (Å²) < 4.78 is 11.7. The van der Waals surface area contributed by atoms with Gasteiger partial charge in [0, 0.05) is 10.9 Å². The standard InChI is InChI=1S/C20H26O3/c1-4-6-10-22-18-9-8-16-12-17(15(3)21)13-20(19(16)14-18)23-11-7-5-2/h8-9,12-14H,4-7,10-11H2,1-3H3. The van der Waals surface area contributed by atoms with Gasteiger partial charge in [-0.1, -0.05) is 32.8 Å². The Balaban J connectivity index is 2.35. The van der Waals surface area contributed by atoms with Crippen LogP contribution in [0.25, 0.3) is 10.8 Å². The fraction of sp³-hybridized carbons (Fsp3) is 0.450. The Morgan fingerprint density at radius 1 is 0.957 bits per heavy atom. The molecule has 0 saturated heterocycles. The van der Waals surface area contributed by atoms with Crippen molar-refractivity contribution in [3.8, 4) is 11.5 Å². The maximum atomic E-state index is 11.7. The summed E-state index contributed by atoms with van der Waals surface area (Å²) in [4.78, 5) is 11.7. The van der Waals surface area contributed by atoms with Crippen LogP contribution in [0.15, 0.2) is 30.3 Å². The molecule has 0 unspecified atom stereocenters. The molecule has 0 N–H and O–H groups in total. The lowest BCUT2D eigenvalue weighted by Crippen LogP contribution is -2.01. The second-order valence-electron chi connectivity index (χ2n) is 5.82. The van der Waals surface area contributed by atoms with Crippen LogP contribution < -0.4 is 9.47 Å². The molecule has 0 aliphatic heterocycles. The fourth-order valence-electron chi connectivity index (χ4n) is 2.38. The molecule has 0 aliphatic carbocycles. The number of fused-ring (bicyclic) bond motifs is 1. The Morgan fingerprint density at radius 3 is 2.30 bits per heavy atom. The van der Waals surface area contributed by atoms with Crippen molar-refractivity contribution in [2.75, 3.05) is 13.2 Å². The van der Waals surface area contributed by atoms with Gasteiger partial charge in [0.25, 0.3) is 0 Å². The molecule has 0 amide bonds. The van der Waals surface area contributed by atoms with Crippen LogP contribution in [-0.4, -0.2) is 19.0 Å². The molecular formula is C20H26O3. The van der Waals surface area contributed by atoms with Gasteiger partial charge < -0.3 is 9.47 Å². The number of carbonyl (C=O) groups excluding carboxylic acids is 1. The van der Waals surface area contributed by atoms with E-state index in [1.807, 2.05) is 30.3 Å². The van der Waals surface area contributed by atoms with Gasteiger partial charge in [-0.25, -0.2) is 0 Å². The number of carbonyl (C=O) groups is 1. The summed E-state index contributed by atoms with van der Waals surface area (Å²) in [5, 5.41) is 2.01. The summed E-state index contributed by atoms with van der Waals surface area (Å²) in [6.07, 6.45) is 4.23. The highest BCUT2D eigenvalue weighted by molar-refractivity contribution is 6.01. The highest BCUT2D eigenvalue weighted by atomic mass is 16.5. The van der Waals surface area contributed by atoms with E-state index in [-0.39, 0.29) is 5.78 Å². The van der Waals surface area contributed by atoms with E-state index in [2.05, 4.69) is 13.8 Å². The third-order valence-corrected chi connectivity index (χ3v) is 3.82. The predicted octanol–water partition coefficient (Wildman–Crippen LogP) is 5.40. The van der Waals surface area contributed by atoms with E-state index in [4.69, 9.17) is 9.47 Å². The lowest BCUT2D eigenvalue weighted by Gasteiger charge is -2.13. The normalized spacial score (nSPS) is 10.7. The van der Waals surface area contributed by atoms with Crippen LogP contribution in [0, 0.1) is 0 Å². The van der Waals surface area contributed by atoms with Crippen molar-refractivity contribution < 1.29 is 14.3 Å². The summed E-state index contributed by atoms with van der Waals surface area (Å²) >= 11 is 0. The molecule has 0 aliphatic rings. The van der Waals surface area contributed by atoms with Gasteiger partial charge in [-0.2, -0.15) is 0 Å². The van der Waals surface area contributed by atoms with Gasteiger partial charge in [0.05, 0.1) is 13.2 Å². The first-order chi connectivity index (χ1) is 11.2. The van der Waals surface area contributed by atoms with Gasteiger partial charge in [-0.05, 0) is 49.4 Å². The van der Waals surface area contributed by atoms with Crippen molar-refractivity contribution in [3.05, 3.63) is 35.9 Å². The minimum atomic E-state index is 0.0514. The van der Waals surface area contributed by atoms with Gasteiger partial charge in [0.2, 0.25) is 0 Å². The number of Topliss-reactive ketones (excluding diaryl/α,β-unsaturated/α-hetero) is 1. The molecule has 124 valence electrons. The summed E-state index contributed by atoms with van der Waals surface area (Å²) in [5.41, 5.74) is 0.684. The van der Waals surface area contributed by atoms with Gasteiger partial charge >= 0.3 is 0 Å². The molecule has 2 aromatic rings. The molecule has 0 fully saturated rings. The number of rotatable bonds is 9. The minimum Gasteiger partial charge on any atom is -0.494 e. The Kier molecular flexibility index (Phi) is 6.45. The Hall–Kier alpha value is -2.03. The lowest BCUT2D eigenvalue weighted by molar-refractivity contribution is 0.101. The van der Waals surface area contributed by atoms with Gasteiger partial charge in [0.1, 0.15) is 11.5 Å². The monoisotopic (exact) mass is 314 g/mol. The van der Waals surface area contributed by atoms with Crippen molar-refractivity contribution in [3.63, 3.8) is 0 Å². The minimum absolute atomic E-state index is 0.0514. The lowest BCUT2D eigenvalue weighted by atomic mass is 10.0. The van der Waals surface area contributed by atoms with Crippen molar-refractivity contribution >= 4 is 16.6 Å². The molecule has 0 aromatic heterocycles. The summed E-state index contributed by atoms with van der Waals surface area (Å²) in [5.74, 6) is 1.67. The molecule has 3 nitrogen and oxygen atoms in total. The van der Waals surface area contributed by atoms with Crippen molar-refractivity contribution in [1.82, 2.24) is 0 Å². The van der Waals surface area contributed by atoms with E-state index >= 15 is 0 Å². The van der Waals surface area contributed by atoms with Crippen molar-refractivity contribution in [2.24, 2.45) is 0 Å². The number of benzene rings is 2. The molecule has 23 heavy (non-hydrogen) atoms. The molecule has 0 spiro atoms. The molecule has 0 heterocycles. The average molecular weight is 314 g/mol. The third kappa shape index (κ3) is 4.72. The maximum Gasteiger partial charge on any atom is 0.159 e. The second-order valence-corrected chi connectivity index (χ2v) is 5.82. The van der Waals surface area contributed by atoms with Crippen molar-refractivity contribution in [1.29, 1.82) is 0 Å². The van der Waals surface area contributed by atoms with Gasteiger partial charge in [0.15, 0.2) is 5.78 Å². The van der Waals surface area contributed by atoms with Crippen LogP contribution in [0.3, 0.4) is 0 Å². The number of ether oxygens (including phenoxy) is 2. The summed E-state index contributed by atoms with van der Waals surface area (Å²) in [6, 6.07) is 9.72. The summed E-state index contributed by atoms with van der Waals surface area (Å²) in [7, 11) is 0.